The van der Waals surface area contributed by atoms with Crippen molar-refractivity contribution < 1.29 is 19.1 Å². The molecule has 0 spiro atoms. The number of hydrogen-bond donors (Lipinski definition) is 1. The predicted molar refractivity (Wildman–Crippen MR) is 80.0 cm³/mol. The molecule has 0 atom stereocenters. The molecule has 0 aromatic heterocycles. The van der Waals surface area contributed by atoms with Gasteiger partial charge < -0.3 is 24.6 Å². The van der Waals surface area contributed by atoms with Gasteiger partial charge in [-0.3, -0.25) is 4.79 Å². The smallest absolute Gasteiger partial charge is 0.321 e. The summed E-state index contributed by atoms with van der Waals surface area (Å²) >= 11 is 0. The average molecular weight is 305 g/mol. The quantitative estimate of drug-likeness (QED) is 0.853. The lowest BCUT2D eigenvalue weighted by Gasteiger charge is -2.21. The molecule has 1 aromatic rings. The van der Waals surface area contributed by atoms with E-state index < -0.39 is 0 Å². The summed E-state index contributed by atoms with van der Waals surface area (Å²) < 4.78 is 10.5. The summed E-state index contributed by atoms with van der Waals surface area (Å²) in [6.07, 6.45) is 0.786. The Morgan fingerprint density at radius 1 is 1.05 bits per heavy atom. The lowest BCUT2D eigenvalue weighted by molar-refractivity contribution is -0.128. The Balaban J connectivity index is 1.61. The molecule has 0 unspecified atom stereocenters. The van der Waals surface area contributed by atoms with E-state index in [0.717, 1.165) is 6.42 Å². The van der Waals surface area contributed by atoms with Crippen molar-refractivity contribution in [2.24, 2.45) is 0 Å². The van der Waals surface area contributed by atoms with E-state index in [-0.39, 0.29) is 18.7 Å². The Bertz CT molecular complexity index is 590. The van der Waals surface area contributed by atoms with Crippen molar-refractivity contribution in [1.29, 1.82) is 0 Å². The van der Waals surface area contributed by atoms with E-state index in [1.807, 2.05) is 0 Å². The maximum absolute atomic E-state index is 12.3. The topological polar surface area (TPSA) is 71.1 Å². The molecule has 0 bridgehead atoms. The van der Waals surface area contributed by atoms with Crippen LogP contribution in [0, 0.1) is 0 Å². The normalized spacial score (nSPS) is 17.1. The number of ether oxygens (including phenoxy) is 2. The van der Waals surface area contributed by atoms with E-state index in [0.29, 0.717) is 43.4 Å². The fourth-order valence-corrected chi connectivity index (χ4v) is 2.61. The van der Waals surface area contributed by atoms with Gasteiger partial charge in [0.05, 0.1) is 0 Å². The van der Waals surface area contributed by atoms with Crippen LogP contribution in [0.4, 0.5) is 10.5 Å². The zero-order valence-electron chi connectivity index (χ0n) is 12.5. The number of benzene rings is 1. The van der Waals surface area contributed by atoms with Gasteiger partial charge in [-0.2, -0.15) is 0 Å². The van der Waals surface area contributed by atoms with Crippen LogP contribution in [0.3, 0.4) is 0 Å². The fraction of sp³-hybridized carbons (Fsp3) is 0.467. The van der Waals surface area contributed by atoms with Gasteiger partial charge in [-0.15, -0.1) is 0 Å². The number of nitrogens with one attached hydrogen (secondary N) is 1. The highest BCUT2D eigenvalue weighted by Gasteiger charge is 2.21. The number of rotatable bonds is 1. The average Bonchev–Trinajstić information content (AvgIpc) is 2.80. The van der Waals surface area contributed by atoms with Crippen molar-refractivity contribution in [2.75, 3.05) is 38.3 Å². The summed E-state index contributed by atoms with van der Waals surface area (Å²) in [4.78, 5) is 27.2. The van der Waals surface area contributed by atoms with Gasteiger partial charge in [0.1, 0.15) is 0 Å². The highest BCUT2D eigenvalue weighted by Crippen LogP contribution is 2.34. The Morgan fingerprint density at radius 2 is 1.77 bits per heavy atom. The van der Waals surface area contributed by atoms with Crippen LogP contribution >= 0.6 is 0 Å². The molecular weight excluding hydrogens is 286 g/mol. The maximum atomic E-state index is 12.3. The largest absolute Gasteiger partial charge is 0.454 e. The maximum Gasteiger partial charge on any atom is 0.321 e. The van der Waals surface area contributed by atoms with Gasteiger partial charge in [0, 0.05) is 44.9 Å². The molecule has 1 fully saturated rings. The third-order valence-electron chi connectivity index (χ3n) is 3.85. The second-order valence-corrected chi connectivity index (χ2v) is 5.34. The summed E-state index contributed by atoms with van der Waals surface area (Å²) in [6, 6.07) is 5.15. The number of nitrogens with zero attached hydrogens (tertiary/aromatic N) is 2. The lowest BCUT2D eigenvalue weighted by Crippen LogP contribution is -2.38. The highest BCUT2D eigenvalue weighted by molar-refractivity contribution is 5.89. The molecule has 1 N–H and O–H groups in total. The van der Waals surface area contributed by atoms with Crippen LogP contribution in [-0.4, -0.2) is 54.7 Å². The first-order chi connectivity index (χ1) is 10.6. The Morgan fingerprint density at radius 3 is 2.59 bits per heavy atom. The van der Waals surface area contributed by atoms with Gasteiger partial charge in [-0.1, -0.05) is 0 Å². The van der Waals surface area contributed by atoms with Crippen molar-refractivity contribution in [1.82, 2.24) is 9.80 Å². The summed E-state index contributed by atoms with van der Waals surface area (Å²) in [5, 5.41) is 2.86. The van der Waals surface area contributed by atoms with Crippen LogP contribution in [0.1, 0.15) is 13.3 Å². The molecule has 7 nitrogen and oxygen atoms in total. The molecule has 1 aromatic carbocycles. The molecule has 7 heteroatoms. The number of hydrogen-bond acceptors (Lipinski definition) is 4. The van der Waals surface area contributed by atoms with E-state index in [2.05, 4.69) is 5.32 Å². The third kappa shape index (κ3) is 3.08. The molecule has 0 saturated carbocycles. The van der Waals surface area contributed by atoms with E-state index >= 15 is 0 Å². The third-order valence-corrected chi connectivity index (χ3v) is 3.85. The summed E-state index contributed by atoms with van der Waals surface area (Å²) in [7, 11) is 0. The molecular formula is C15H19N3O4. The second-order valence-electron chi connectivity index (χ2n) is 5.34. The second kappa shape index (κ2) is 6.13. The van der Waals surface area contributed by atoms with Crippen molar-refractivity contribution in [3.05, 3.63) is 18.2 Å². The molecule has 3 amide bonds. The van der Waals surface area contributed by atoms with E-state index in [4.69, 9.17) is 9.47 Å². The minimum absolute atomic E-state index is 0.0537. The molecule has 3 rings (SSSR count). The number of carbonyl (C=O) groups is 2. The molecule has 22 heavy (non-hydrogen) atoms. The monoisotopic (exact) mass is 305 g/mol. The van der Waals surface area contributed by atoms with Gasteiger partial charge in [-0.25, -0.2) is 4.79 Å². The fourth-order valence-electron chi connectivity index (χ4n) is 2.61. The van der Waals surface area contributed by atoms with Crippen LogP contribution < -0.4 is 14.8 Å². The van der Waals surface area contributed by atoms with Crippen molar-refractivity contribution >= 4 is 17.6 Å². The number of fused-ring (bicyclic) bond motifs is 1. The summed E-state index contributed by atoms with van der Waals surface area (Å²) in [5.41, 5.74) is 0.668. The Labute approximate surface area is 128 Å². The van der Waals surface area contributed by atoms with E-state index in [1.54, 1.807) is 34.9 Å². The van der Waals surface area contributed by atoms with Crippen molar-refractivity contribution in [3.8, 4) is 11.5 Å². The molecule has 118 valence electrons. The SMILES string of the molecule is CC(=O)N1CCCN(C(=O)Nc2ccc3c(c2)OCO3)CC1. The Kier molecular flexibility index (Phi) is 4.04. The summed E-state index contributed by atoms with van der Waals surface area (Å²) in [5.74, 6) is 1.37. The van der Waals surface area contributed by atoms with E-state index in [9.17, 15) is 9.59 Å². The van der Waals surface area contributed by atoms with Crippen molar-refractivity contribution in [2.45, 2.75) is 13.3 Å². The minimum Gasteiger partial charge on any atom is -0.454 e. The van der Waals surface area contributed by atoms with Crippen LogP contribution in [-0.2, 0) is 4.79 Å². The van der Waals surface area contributed by atoms with Crippen LogP contribution in [0.5, 0.6) is 11.5 Å². The highest BCUT2D eigenvalue weighted by atomic mass is 16.7. The Hall–Kier alpha value is -2.44. The predicted octanol–water partition coefficient (Wildman–Crippen LogP) is 1.50. The molecule has 2 aliphatic rings. The van der Waals surface area contributed by atoms with Gasteiger partial charge in [0.25, 0.3) is 0 Å². The van der Waals surface area contributed by atoms with Gasteiger partial charge in [0.2, 0.25) is 12.7 Å². The molecule has 0 aliphatic carbocycles. The molecule has 1 saturated heterocycles. The zero-order valence-corrected chi connectivity index (χ0v) is 12.5. The standard InChI is InChI=1S/C15H19N3O4/c1-11(19)17-5-2-6-18(8-7-17)15(20)16-12-3-4-13-14(9-12)22-10-21-13/h3-4,9H,2,5-8,10H2,1H3,(H,16,20). The number of urea groups is 1. The van der Waals surface area contributed by atoms with Crippen LogP contribution in [0.25, 0.3) is 0 Å². The van der Waals surface area contributed by atoms with Gasteiger partial charge in [0.15, 0.2) is 11.5 Å². The minimum atomic E-state index is -0.163. The number of carbonyl (C=O) groups excluding carboxylic acids is 2. The van der Waals surface area contributed by atoms with Gasteiger partial charge in [-0.05, 0) is 18.6 Å². The number of anilines is 1. The molecule has 2 aliphatic heterocycles. The first-order valence-corrected chi connectivity index (χ1v) is 7.34. The van der Waals surface area contributed by atoms with E-state index in [1.165, 1.54) is 0 Å². The molecule has 0 radical (unpaired) electrons. The van der Waals surface area contributed by atoms with Crippen LogP contribution in [0.15, 0.2) is 18.2 Å². The number of amides is 3. The molecule has 2 heterocycles. The summed E-state index contributed by atoms with van der Waals surface area (Å²) in [6.45, 7) is 4.21. The lowest BCUT2D eigenvalue weighted by atomic mass is 10.3. The van der Waals surface area contributed by atoms with Crippen LogP contribution in [0.2, 0.25) is 0 Å². The zero-order chi connectivity index (χ0) is 15.5. The van der Waals surface area contributed by atoms with Crippen molar-refractivity contribution in [3.63, 3.8) is 0 Å². The first kappa shape index (κ1) is 14.5. The van der Waals surface area contributed by atoms with Gasteiger partial charge >= 0.3 is 6.03 Å². The first-order valence-electron chi connectivity index (χ1n) is 7.34.